The number of amides is 2. The molecule has 29 heavy (non-hydrogen) atoms. The minimum absolute atomic E-state index is 0.0445. The number of fused-ring (bicyclic) bond motifs is 1. The molecule has 4 heterocycles. The summed E-state index contributed by atoms with van der Waals surface area (Å²) < 4.78 is 19.4. The highest BCUT2D eigenvalue weighted by atomic mass is 19.1. The molecule has 1 aromatic rings. The zero-order valence-electron chi connectivity index (χ0n) is 16.3. The molecule has 2 amide bonds. The molecule has 4 aliphatic heterocycles. The molecule has 3 unspecified atom stereocenters. The number of ether oxygens (including phenoxy) is 1. The summed E-state index contributed by atoms with van der Waals surface area (Å²) in [4.78, 5) is 30.0. The minimum Gasteiger partial charge on any atom is -0.360 e. The van der Waals surface area contributed by atoms with Crippen molar-refractivity contribution in [2.45, 2.75) is 30.7 Å². The summed E-state index contributed by atoms with van der Waals surface area (Å²) in [7, 11) is 1.79. The Bertz CT molecular complexity index is 854. The van der Waals surface area contributed by atoms with Crippen molar-refractivity contribution in [2.24, 2.45) is 11.8 Å². The second-order valence-electron chi connectivity index (χ2n) is 8.50. The van der Waals surface area contributed by atoms with E-state index < -0.39 is 17.4 Å². The standard InChI is InChI=1S/C21H25FN4O3/c1-25(11-15-7-9-23-24-15)19(27)17-16-6-8-21(29-16)12-26(20(28)18(17)21)10-13-2-4-14(22)5-3-13/h2-6,8,15-18,23-24H,7,9-12H2,1H3/t15?,16-,17?,18?,21-/m1/s1. The van der Waals surface area contributed by atoms with Crippen LogP contribution in [0.3, 0.4) is 0 Å². The Kier molecular flexibility index (Phi) is 4.45. The predicted molar refractivity (Wildman–Crippen MR) is 103 cm³/mol. The number of hydrogen-bond donors (Lipinski definition) is 2. The van der Waals surface area contributed by atoms with Gasteiger partial charge in [0.05, 0.1) is 24.5 Å². The Morgan fingerprint density at radius 3 is 2.90 bits per heavy atom. The van der Waals surface area contributed by atoms with Crippen LogP contribution in [0.4, 0.5) is 4.39 Å². The third-order valence-electron chi connectivity index (χ3n) is 6.55. The van der Waals surface area contributed by atoms with Gasteiger partial charge in [0.15, 0.2) is 0 Å². The molecule has 154 valence electrons. The molecular formula is C21H25FN4O3. The predicted octanol–water partition coefficient (Wildman–Crippen LogP) is 0.433. The lowest BCUT2D eigenvalue weighted by atomic mass is 9.76. The summed E-state index contributed by atoms with van der Waals surface area (Å²) in [5, 5.41) is 0. The molecular weight excluding hydrogens is 375 g/mol. The van der Waals surface area contributed by atoms with E-state index in [1.54, 1.807) is 29.0 Å². The fourth-order valence-corrected chi connectivity index (χ4v) is 5.15. The molecule has 3 saturated heterocycles. The van der Waals surface area contributed by atoms with Gasteiger partial charge in [0, 0.05) is 32.7 Å². The Morgan fingerprint density at radius 1 is 1.38 bits per heavy atom. The number of likely N-dealkylation sites (tertiary alicyclic amines) is 1. The summed E-state index contributed by atoms with van der Waals surface area (Å²) in [5.74, 6) is -1.40. The Morgan fingerprint density at radius 2 is 2.17 bits per heavy atom. The van der Waals surface area contributed by atoms with Crippen LogP contribution in [-0.2, 0) is 20.9 Å². The summed E-state index contributed by atoms with van der Waals surface area (Å²) >= 11 is 0. The monoisotopic (exact) mass is 400 g/mol. The topological polar surface area (TPSA) is 73.9 Å². The smallest absolute Gasteiger partial charge is 0.230 e. The third-order valence-corrected chi connectivity index (χ3v) is 6.55. The summed E-state index contributed by atoms with van der Waals surface area (Å²) in [5.41, 5.74) is 6.38. The molecule has 1 spiro atoms. The molecule has 4 aliphatic rings. The van der Waals surface area contributed by atoms with E-state index in [4.69, 9.17) is 4.74 Å². The number of nitrogens with zero attached hydrogens (tertiary/aromatic N) is 2. The highest BCUT2D eigenvalue weighted by Gasteiger charge is 2.67. The SMILES string of the molecule is CN(CC1CCNN1)C(=O)C1C2C(=O)N(Cc3ccc(F)cc3)C[C@]23C=C[C@H]1O3. The van der Waals surface area contributed by atoms with E-state index in [0.717, 1.165) is 18.5 Å². The molecule has 2 bridgehead atoms. The molecule has 7 nitrogen and oxygen atoms in total. The maximum atomic E-state index is 13.3. The Labute approximate surface area is 168 Å². The van der Waals surface area contributed by atoms with Crippen molar-refractivity contribution < 1.29 is 18.7 Å². The van der Waals surface area contributed by atoms with Crippen molar-refractivity contribution in [1.82, 2.24) is 20.7 Å². The molecule has 3 fully saturated rings. The summed E-state index contributed by atoms with van der Waals surface area (Å²) in [6, 6.07) is 6.36. The van der Waals surface area contributed by atoms with Crippen molar-refractivity contribution in [3.05, 3.63) is 47.8 Å². The van der Waals surface area contributed by atoms with E-state index in [1.807, 2.05) is 12.2 Å². The highest BCUT2D eigenvalue weighted by Crippen LogP contribution is 2.52. The van der Waals surface area contributed by atoms with Gasteiger partial charge in [-0.1, -0.05) is 24.3 Å². The average Bonchev–Trinajstić information content (AvgIpc) is 3.46. The van der Waals surface area contributed by atoms with Gasteiger partial charge >= 0.3 is 0 Å². The lowest BCUT2D eigenvalue weighted by molar-refractivity contribution is -0.142. The first-order valence-corrected chi connectivity index (χ1v) is 10.1. The third kappa shape index (κ3) is 3.06. The quantitative estimate of drug-likeness (QED) is 0.702. The Balaban J connectivity index is 1.33. The van der Waals surface area contributed by atoms with Crippen molar-refractivity contribution in [3.8, 4) is 0 Å². The highest BCUT2D eigenvalue weighted by molar-refractivity contribution is 5.93. The van der Waals surface area contributed by atoms with Crippen molar-refractivity contribution >= 4 is 11.8 Å². The largest absolute Gasteiger partial charge is 0.360 e. The van der Waals surface area contributed by atoms with Crippen LogP contribution < -0.4 is 10.9 Å². The van der Waals surface area contributed by atoms with Gasteiger partial charge in [0.1, 0.15) is 11.4 Å². The van der Waals surface area contributed by atoms with E-state index in [-0.39, 0.29) is 29.8 Å². The second kappa shape index (κ2) is 6.90. The fraction of sp³-hybridized carbons (Fsp3) is 0.524. The van der Waals surface area contributed by atoms with Crippen LogP contribution in [0.25, 0.3) is 0 Å². The van der Waals surface area contributed by atoms with E-state index in [1.165, 1.54) is 12.1 Å². The van der Waals surface area contributed by atoms with Crippen LogP contribution in [-0.4, -0.2) is 66.0 Å². The molecule has 0 saturated carbocycles. The molecule has 8 heteroatoms. The van der Waals surface area contributed by atoms with Crippen LogP contribution in [0.15, 0.2) is 36.4 Å². The summed E-state index contributed by atoms with van der Waals surface area (Å²) in [6.07, 6.45) is 4.50. The normalized spacial score (nSPS) is 34.8. The molecule has 5 rings (SSSR count). The lowest BCUT2D eigenvalue weighted by Crippen LogP contribution is -2.48. The van der Waals surface area contributed by atoms with Crippen molar-refractivity contribution in [2.75, 3.05) is 26.7 Å². The van der Waals surface area contributed by atoms with Gasteiger partial charge in [-0.25, -0.2) is 4.39 Å². The molecule has 0 radical (unpaired) electrons. The lowest BCUT2D eigenvalue weighted by Gasteiger charge is -2.29. The van der Waals surface area contributed by atoms with E-state index in [0.29, 0.717) is 19.6 Å². The van der Waals surface area contributed by atoms with E-state index in [9.17, 15) is 14.0 Å². The van der Waals surface area contributed by atoms with Crippen LogP contribution in [0, 0.1) is 17.7 Å². The molecule has 0 aromatic heterocycles. The van der Waals surface area contributed by atoms with Crippen LogP contribution in [0.1, 0.15) is 12.0 Å². The number of carbonyl (C=O) groups is 2. The fourth-order valence-electron chi connectivity index (χ4n) is 5.15. The molecule has 1 aromatic carbocycles. The van der Waals surface area contributed by atoms with Crippen LogP contribution in [0.5, 0.6) is 0 Å². The van der Waals surface area contributed by atoms with Gasteiger partial charge in [0.25, 0.3) is 0 Å². The van der Waals surface area contributed by atoms with Gasteiger partial charge in [-0.2, -0.15) is 0 Å². The van der Waals surface area contributed by atoms with Crippen LogP contribution >= 0.6 is 0 Å². The first-order valence-electron chi connectivity index (χ1n) is 10.1. The Hall–Kier alpha value is -2.29. The zero-order valence-corrected chi connectivity index (χ0v) is 16.3. The number of nitrogens with one attached hydrogen (secondary N) is 2. The number of benzene rings is 1. The summed E-state index contributed by atoms with van der Waals surface area (Å²) in [6.45, 7) is 2.27. The van der Waals surface area contributed by atoms with Crippen molar-refractivity contribution in [3.63, 3.8) is 0 Å². The maximum Gasteiger partial charge on any atom is 0.230 e. The number of rotatable bonds is 5. The van der Waals surface area contributed by atoms with Gasteiger partial charge in [-0.3, -0.25) is 20.4 Å². The van der Waals surface area contributed by atoms with E-state index in [2.05, 4.69) is 10.9 Å². The molecule has 5 atom stereocenters. The molecule has 0 aliphatic carbocycles. The van der Waals surface area contributed by atoms with Crippen molar-refractivity contribution in [1.29, 1.82) is 0 Å². The second-order valence-corrected chi connectivity index (χ2v) is 8.50. The molecule has 2 N–H and O–H groups in total. The number of likely N-dealkylation sites (N-methyl/N-ethyl adjacent to an activating group) is 1. The van der Waals surface area contributed by atoms with E-state index >= 15 is 0 Å². The number of carbonyl (C=O) groups excluding carboxylic acids is 2. The first kappa shape index (κ1) is 18.7. The van der Waals surface area contributed by atoms with Gasteiger partial charge < -0.3 is 14.5 Å². The number of hydrogen-bond acceptors (Lipinski definition) is 5. The maximum absolute atomic E-state index is 13.3. The first-order chi connectivity index (χ1) is 14.0. The van der Waals surface area contributed by atoms with Crippen LogP contribution in [0.2, 0.25) is 0 Å². The van der Waals surface area contributed by atoms with Gasteiger partial charge in [0.2, 0.25) is 11.8 Å². The average molecular weight is 400 g/mol. The zero-order chi connectivity index (χ0) is 20.2. The number of halogens is 1. The minimum atomic E-state index is -0.726. The van der Waals surface area contributed by atoms with Gasteiger partial charge in [-0.15, -0.1) is 0 Å². The number of hydrazine groups is 1. The van der Waals surface area contributed by atoms with Gasteiger partial charge in [-0.05, 0) is 24.1 Å².